The highest BCUT2D eigenvalue weighted by molar-refractivity contribution is 5.71. The predicted octanol–water partition coefficient (Wildman–Crippen LogP) is 1.93. The van der Waals surface area contributed by atoms with E-state index in [1.165, 1.54) is 5.56 Å². The number of aryl methyl sites for hydroxylation is 1. The maximum absolute atomic E-state index is 11.0. The van der Waals surface area contributed by atoms with Crippen molar-refractivity contribution in [2.24, 2.45) is 0 Å². The van der Waals surface area contributed by atoms with Crippen molar-refractivity contribution >= 4 is 5.97 Å². The standard InChI is InChI=1S/C16H25NO4/c1-14-5-7-15(8-6-14)20-10-4-3-9-19-11-12-21-16(18)13-17-2/h5-8,17H,3-4,9-13H2,1-2H3. The molecule has 0 bridgehead atoms. The SMILES string of the molecule is CNCC(=O)OCCOCCCCOc1ccc(C)cc1. The molecule has 118 valence electrons. The number of hydrogen-bond donors (Lipinski definition) is 1. The van der Waals surface area contributed by atoms with Crippen molar-refractivity contribution in [3.05, 3.63) is 29.8 Å². The Morgan fingerprint density at radius 2 is 1.76 bits per heavy atom. The predicted molar refractivity (Wildman–Crippen MR) is 81.6 cm³/mol. The van der Waals surface area contributed by atoms with E-state index in [0.717, 1.165) is 18.6 Å². The zero-order valence-electron chi connectivity index (χ0n) is 12.9. The van der Waals surface area contributed by atoms with Gasteiger partial charge >= 0.3 is 5.97 Å². The number of carbonyl (C=O) groups is 1. The normalized spacial score (nSPS) is 10.4. The Balaban J connectivity index is 1.88. The number of benzene rings is 1. The maximum Gasteiger partial charge on any atom is 0.319 e. The van der Waals surface area contributed by atoms with Gasteiger partial charge in [0, 0.05) is 6.61 Å². The third-order valence-corrected chi connectivity index (χ3v) is 2.78. The lowest BCUT2D eigenvalue weighted by Gasteiger charge is -2.07. The largest absolute Gasteiger partial charge is 0.494 e. The van der Waals surface area contributed by atoms with Crippen LogP contribution in [0.2, 0.25) is 0 Å². The van der Waals surface area contributed by atoms with Gasteiger partial charge in [-0.15, -0.1) is 0 Å². The summed E-state index contributed by atoms with van der Waals surface area (Å²) in [4.78, 5) is 11.0. The molecule has 0 aliphatic rings. The van der Waals surface area contributed by atoms with Gasteiger partial charge < -0.3 is 19.5 Å². The minimum absolute atomic E-state index is 0.232. The zero-order valence-corrected chi connectivity index (χ0v) is 12.9. The van der Waals surface area contributed by atoms with Gasteiger partial charge in [-0.25, -0.2) is 0 Å². The Hall–Kier alpha value is -1.59. The lowest BCUT2D eigenvalue weighted by Crippen LogP contribution is -2.22. The van der Waals surface area contributed by atoms with Crippen LogP contribution in [-0.2, 0) is 14.3 Å². The van der Waals surface area contributed by atoms with Crippen molar-refractivity contribution in [3.63, 3.8) is 0 Å². The number of likely N-dealkylation sites (N-methyl/N-ethyl adjacent to an activating group) is 1. The van der Waals surface area contributed by atoms with Crippen LogP contribution in [0.5, 0.6) is 5.75 Å². The van der Waals surface area contributed by atoms with Crippen LogP contribution in [-0.4, -0.2) is 46.0 Å². The van der Waals surface area contributed by atoms with Crippen molar-refractivity contribution in [2.45, 2.75) is 19.8 Å². The first kappa shape index (κ1) is 17.5. The highest BCUT2D eigenvalue weighted by Gasteiger charge is 1.99. The van der Waals surface area contributed by atoms with Gasteiger partial charge in [-0.2, -0.15) is 0 Å². The van der Waals surface area contributed by atoms with Crippen LogP contribution in [0, 0.1) is 6.92 Å². The van der Waals surface area contributed by atoms with Gasteiger partial charge in [-0.05, 0) is 38.9 Å². The average Bonchev–Trinajstić information content (AvgIpc) is 2.47. The highest BCUT2D eigenvalue weighted by Crippen LogP contribution is 2.11. The average molecular weight is 295 g/mol. The van der Waals surface area contributed by atoms with Gasteiger partial charge in [-0.1, -0.05) is 17.7 Å². The van der Waals surface area contributed by atoms with E-state index in [-0.39, 0.29) is 12.5 Å². The lowest BCUT2D eigenvalue weighted by atomic mass is 10.2. The zero-order chi connectivity index (χ0) is 15.3. The fourth-order valence-electron chi connectivity index (χ4n) is 1.64. The van der Waals surface area contributed by atoms with E-state index in [4.69, 9.17) is 14.2 Å². The number of hydrogen-bond acceptors (Lipinski definition) is 5. The molecule has 21 heavy (non-hydrogen) atoms. The Bertz CT molecular complexity index is 392. The number of esters is 1. The minimum atomic E-state index is -0.257. The molecule has 0 spiro atoms. The van der Waals surface area contributed by atoms with Crippen LogP contribution >= 0.6 is 0 Å². The van der Waals surface area contributed by atoms with E-state index in [1.807, 2.05) is 24.3 Å². The third kappa shape index (κ3) is 9.05. The molecule has 0 aromatic heterocycles. The summed E-state index contributed by atoms with van der Waals surface area (Å²) < 4.78 is 15.9. The summed E-state index contributed by atoms with van der Waals surface area (Å²) in [5, 5.41) is 2.73. The second-order valence-corrected chi connectivity index (χ2v) is 4.73. The first-order chi connectivity index (χ1) is 10.2. The fourth-order valence-corrected chi connectivity index (χ4v) is 1.64. The Morgan fingerprint density at radius 3 is 2.48 bits per heavy atom. The van der Waals surface area contributed by atoms with Crippen LogP contribution in [0.25, 0.3) is 0 Å². The summed E-state index contributed by atoms with van der Waals surface area (Å²) in [5.41, 5.74) is 1.23. The molecule has 0 aliphatic heterocycles. The minimum Gasteiger partial charge on any atom is -0.494 e. The molecule has 1 aromatic carbocycles. The summed E-state index contributed by atoms with van der Waals surface area (Å²) >= 11 is 0. The topological polar surface area (TPSA) is 56.8 Å². The van der Waals surface area contributed by atoms with Gasteiger partial charge in [0.15, 0.2) is 0 Å². The van der Waals surface area contributed by atoms with Crippen LogP contribution in [0.3, 0.4) is 0 Å². The molecule has 0 amide bonds. The quantitative estimate of drug-likeness (QED) is 0.499. The number of rotatable bonds is 11. The van der Waals surface area contributed by atoms with Crippen molar-refractivity contribution in [2.75, 3.05) is 40.0 Å². The molecule has 0 heterocycles. The molecule has 1 rings (SSSR count). The second kappa shape index (κ2) is 11.1. The van der Waals surface area contributed by atoms with Gasteiger partial charge in [-0.3, -0.25) is 4.79 Å². The summed E-state index contributed by atoms with van der Waals surface area (Å²) in [6, 6.07) is 8.03. The molecule has 5 heteroatoms. The van der Waals surface area contributed by atoms with Gasteiger partial charge in [0.2, 0.25) is 0 Å². The molecule has 0 saturated carbocycles. The van der Waals surface area contributed by atoms with E-state index in [2.05, 4.69) is 12.2 Å². The third-order valence-electron chi connectivity index (χ3n) is 2.78. The number of ether oxygens (including phenoxy) is 3. The maximum atomic E-state index is 11.0. The molecule has 1 aromatic rings. The Kier molecular flexibility index (Phi) is 9.24. The van der Waals surface area contributed by atoms with Crippen molar-refractivity contribution in [1.29, 1.82) is 0 Å². The lowest BCUT2D eigenvalue weighted by molar-refractivity contribution is -0.144. The monoisotopic (exact) mass is 295 g/mol. The highest BCUT2D eigenvalue weighted by atomic mass is 16.6. The molecule has 0 aliphatic carbocycles. The van der Waals surface area contributed by atoms with Crippen LogP contribution < -0.4 is 10.1 Å². The van der Waals surface area contributed by atoms with E-state index >= 15 is 0 Å². The second-order valence-electron chi connectivity index (χ2n) is 4.73. The van der Waals surface area contributed by atoms with Gasteiger partial charge in [0.05, 0.1) is 19.8 Å². The molecule has 0 saturated heterocycles. The van der Waals surface area contributed by atoms with Crippen molar-refractivity contribution in [3.8, 4) is 5.75 Å². The Morgan fingerprint density at radius 1 is 1.05 bits per heavy atom. The van der Waals surface area contributed by atoms with Crippen LogP contribution in [0.1, 0.15) is 18.4 Å². The van der Waals surface area contributed by atoms with Crippen molar-refractivity contribution < 1.29 is 19.0 Å². The summed E-state index contributed by atoms with van der Waals surface area (Å²) in [5.74, 6) is 0.644. The molecule has 1 N–H and O–H groups in total. The smallest absolute Gasteiger partial charge is 0.319 e. The molecule has 5 nitrogen and oxygen atoms in total. The van der Waals surface area contributed by atoms with Crippen LogP contribution in [0.15, 0.2) is 24.3 Å². The van der Waals surface area contributed by atoms with E-state index in [1.54, 1.807) is 7.05 Å². The number of carbonyl (C=O) groups excluding carboxylic acids is 1. The molecular formula is C16H25NO4. The summed E-state index contributed by atoms with van der Waals surface area (Å²) in [6.45, 7) is 4.37. The van der Waals surface area contributed by atoms with Crippen molar-refractivity contribution in [1.82, 2.24) is 5.32 Å². The summed E-state index contributed by atoms with van der Waals surface area (Å²) in [6.07, 6.45) is 1.86. The molecule has 0 radical (unpaired) electrons. The first-order valence-electron chi connectivity index (χ1n) is 7.30. The molecule has 0 unspecified atom stereocenters. The molecular weight excluding hydrogens is 270 g/mol. The van der Waals surface area contributed by atoms with E-state index in [0.29, 0.717) is 26.4 Å². The van der Waals surface area contributed by atoms with Crippen LogP contribution in [0.4, 0.5) is 0 Å². The van der Waals surface area contributed by atoms with E-state index < -0.39 is 0 Å². The van der Waals surface area contributed by atoms with E-state index in [9.17, 15) is 4.79 Å². The van der Waals surface area contributed by atoms with Gasteiger partial charge in [0.1, 0.15) is 12.4 Å². The molecule has 0 fully saturated rings. The fraction of sp³-hybridized carbons (Fsp3) is 0.562. The Labute approximate surface area is 126 Å². The number of unbranched alkanes of at least 4 members (excludes halogenated alkanes) is 1. The first-order valence-corrected chi connectivity index (χ1v) is 7.30. The number of nitrogens with one attached hydrogen (secondary N) is 1. The summed E-state index contributed by atoms with van der Waals surface area (Å²) in [7, 11) is 1.70. The van der Waals surface area contributed by atoms with Gasteiger partial charge in [0.25, 0.3) is 0 Å². The molecule has 0 atom stereocenters.